The minimum Gasteiger partial charge on any atom is -0.379 e. The lowest BCUT2D eigenvalue weighted by Gasteiger charge is -2.26. The normalized spacial score (nSPS) is 15.6. The van der Waals surface area contributed by atoms with Crippen molar-refractivity contribution in [1.82, 2.24) is 19.8 Å². The lowest BCUT2D eigenvalue weighted by molar-refractivity contribution is -0.121. The number of carbonyl (C=O) groups excluding carboxylic acids is 1. The highest BCUT2D eigenvalue weighted by Crippen LogP contribution is 1.99. The Hall–Kier alpha value is -1.73. The minimum atomic E-state index is -0.289. The second kappa shape index (κ2) is 8.79. The van der Waals surface area contributed by atoms with Crippen LogP contribution in [0.3, 0.4) is 0 Å². The van der Waals surface area contributed by atoms with E-state index in [-0.39, 0.29) is 11.6 Å². The molecule has 23 heavy (non-hydrogen) atoms. The number of carbonyl (C=O) groups is 1. The predicted octanol–water partition coefficient (Wildman–Crippen LogP) is 0.0887. The fourth-order valence-corrected chi connectivity index (χ4v) is 2.70. The largest absolute Gasteiger partial charge is 0.379 e. The highest BCUT2D eigenvalue weighted by molar-refractivity contribution is 5.75. The fourth-order valence-electron chi connectivity index (χ4n) is 2.70. The van der Waals surface area contributed by atoms with Crippen LogP contribution in [0.15, 0.2) is 10.9 Å². The van der Waals surface area contributed by atoms with E-state index in [1.165, 1.54) is 0 Å². The molecule has 0 aliphatic carbocycles. The topological polar surface area (TPSA) is 76.5 Å². The molecule has 1 fully saturated rings. The summed E-state index contributed by atoms with van der Waals surface area (Å²) in [5.74, 6) is -0.0288. The van der Waals surface area contributed by atoms with Crippen LogP contribution in [0.25, 0.3) is 0 Å². The average molecular weight is 322 g/mol. The van der Waals surface area contributed by atoms with Gasteiger partial charge in [0.15, 0.2) is 0 Å². The van der Waals surface area contributed by atoms with Gasteiger partial charge >= 0.3 is 5.69 Å². The van der Waals surface area contributed by atoms with Crippen molar-refractivity contribution in [3.05, 3.63) is 27.9 Å². The molecule has 128 valence electrons. The van der Waals surface area contributed by atoms with Gasteiger partial charge < -0.3 is 10.1 Å². The van der Waals surface area contributed by atoms with E-state index >= 15 is 0 Å². The average Bonchev–Trinajstić information content (AvgIpc) is 2.51. The standard InChI is InChI=1S/C16H26N4O3/c1-13-12-14(2)20(16(22)18-13)7-4-15(21)17-5-3-6-19-8-10-23-11-9-19/h12H,3-11H2,1-2H3,(H,17,21). The zero-order valence-electron chi connectivity index (χ0n) is 14.0. The fraction of sp³-hybridized carbons (Fsp3) is 0.688. The van der Waals surface area contributed by atoms with Gasteiger partial charge in [-0.1, -0.05) is 0 Å². The van der Waals surface area contributed by atoms with Crippen LogP contribution in [0.5, 0.6) is 0 Å². The minimum absolute atomic E-state index is 0.0288. The van der Waals surface area contributed by atoms with E-state index in [9.17, 15) is 9.59 Å². The molecule has 1 amide bonds. The van der Waals surface area contributed by atoms with Gasteiger partial charge in [0.1, 0.15) is 0 Å². The number of hydrogen-bond donors (Lipinski definition) is 1. The van der Waals surface area contributed by atoms with E-state index in [4.69, 9.17) is 4.74 Å². The Morgan fingerprint density at radius 3 is 2.74 bits per heavy atom. The number of ether oxygens (including phenoxy) is 1. The first kappa shape index (κ1) is 17.6. The number of amides is 1. The molecule has 0 radical (unpaired) electrons. The van der Waals surface area contributed by atoms with E-state index in [1.54, 1.807) is 11.5 Å². The number of nitrogens with one attached hydrogen (secondary N) is 1. The van der Waals surface area contributed by atoms with Gasteiger partial charge in [-0.15, -0.1) is 0 Å². The van der Waals surface area contributed by atoms with Gasteiger partial charge in [-0.2, -0.15) is 4.98 Å². The van der Waals surface area contributed by atoms with Crippen LogP contribution < -0.4 is 11.0 Å². The molecule has 0 saturated carbocycles. The molecule has 0 unspecified atom stereocenters. The summed E-state index contributed by atoms with van der Waals surface area (Å²) in [6.45, 7) is 9.19. The third kappa shape index (κ3) is 5.76. The quantitative estimate of drug-likeness (QED) is 0.720. The molecule has 1 aliphatic rings. The van der Waals surface area contributed by atoms with Gasteiger partial charge in [-0.05, 0) is 32.9 Å². The lowest BCUT2D eigenvalue weighted by Crippen LogP contribution is -2.38. The van der Waals surface area contributed by atoms with E-state index in [0.717, 1.165) is 45.0 Å². The second-order valence-corrected chi connectivity index (χ2v) is 5.88. The van der Waals surface area contributed by atoms with Gasteiger partial charge in [0.25, 0.3) is 0 Å². The Kier molecular flexibility index (Phi) is 6.73. The van der Waals surface area contributed by atoms with Crippen LogP contribution in [0.1, 0.15) is 24.2 Å². The molecule has 7 heteroatoms. The molecule has 2 heterocycles. The van der Waals surface area contributed by atoms with Gasteiger partial charge in [0.2, 0.25) is 5.91 Å². The Morgan fingerprint density at radius 2 is 2.04 bits per heavy atom. The molecule has 1 aromatic heterocycles. The second-order valence-electron chi connectivity index (χ2n) is 5.88. The number of morpholine rings is 1. The summed E-state index contributed by atoms with van der Waals surface area (Å²) >= 11 is 0. The SMILES string of the molecule is Cc1cc(C)n(CCC(=O)NCCCN2CCOCC2)c(=O)n1. The van der Waals surface area contributed by atoms with Gasteiger partial charge in [-0.25, -0.2) is 4.79 Å². The molecule has 0 aromatic carbocycles. The summed E-state index contributed by atoms with van der Waals surface area (Å²) in [6, 6.07) is 1.85. The van der Waals surface area contributed by atoms with Crippen LogP contribution >= 0.6 is 0 Å². The maximum absolute atomic E-state index is 11.9. The highest BCUT2D eigenvalue weighted by Gasteiger charge is 2.10. The number of nitrogens with zero attached hydrogens (tertiary/aromatic N) is 3. The molecule has 2 rings (SSSR count). The number of aryl methyl sites for hydroxylation is 2. The van der Waals surface area contributed by atoms with E-state index < -0.39 is 0 Å². The van der Waals surface area contributed by atoms with Crippen molar-refractivity contribution in [2.45, 2.75) is 33.2 Å². The Bertz CT molecular complexity index is 579. The Balaban J connectivity index is 1.66. The first-order valence-corrected chi connectivity index (χ1v) is 8.18. The van der Waals surface area contributed by atoms with Crippen LogP contribution in [0.2, 0.25) is 0 Å². The van der Waals surface area contributed by atoms with Crippen molar-refractivity contribution in [2.75, 3.05) is 39.4 Å². The number of rotatable bonds is 7. The Morgan fingerprint density at radius 1 is 1.30 bits per heavy atom. The van der Waals surface area contributed by atoms with Crippen molar-refractivity contribution in [3.63, 3.8) is 0 Å². The number of hydrogen-bond acceptors (Lipinski definition) is 5. The lowest BCUT2D eigenvalue weighted by atomic mass is 10.3. The van der Waals surface area contributed by atoms with Crippen molar-refractivity contribution < 1.29 is 9.53 Å². The maximum atomic E-state index is 11.9. The van der Waals surface area contributed by atoms with Crippen molar-refractivity contribution >= 4 is 5.91 Å². The molecule has 1 saturated heterocycles. The maximum Gasteiger partial charge on any atom is 0.347 e. The summed E-state index contributed by atoms with van der Waals surface area (Å²) in [5.41, 5.74) is 1.25. The van der Waals surface area contributed by atoms with Gasteiger partial charge in [0, 0.05) is 44.0 Å². The molecule has 1 aliphatic heterocycles. The smallest absolute Gasteiger partial charge is 0.347 e. The van der Waals surface area contributed by atoms with Crippen LogP contribution in [-0.4, -0.2) is 59.8 Å². The van der Waals surface area contributed by atoms with Gasteiger partial charge in [-0.3, -0.25) is 14.3 Å². The van der Waals surface area contributed by atoms with Crippen molar-refractivity contribution in [2.24, 2.45) is 0 Å². The monoisotopic (exact) mass is 322 g/mol. The first-order valence-electron chi connectivity index (χ1n) is 8.18. The molecular formula is C16H26N4O3. The third-order valence-electron chi connectivity index (χ3n) is 3.99. The summed E-state index contributed by atoms with van der Waals surface area (Å²) in [5, 5.41) is 2.91. The third-order valence-corrected chi connectivity index (χ3v) is 3.99. The molecule has 1 aromatic rings. The highest BCUT2D eigenvalue weighted by atomic mass is 16.5. The summed E-state index contributed by atoms with van der Waals surface area (Å²) in [4.78, 5) is 29.9. The summed E-state index contributed by atoms with van der Waals surface area (Å²) in [6.07, 6.45) is 1.22. The molecule has 7 nitrogen and oxygen atoms in total. The summed E-state index contributed by atoms with van der Waals surface area (Å²) < 4.78 is 6.84. The number of aromatic nitrogens is 2. The van der Waals surface area contributed by atoms with Crippen LogP contribution in [0.4, 0.5) is 0 Å². The van der Waals surface area contributed by atoms with Gasteiger partial charge in [0.05, 0.1) is 13.2 Å². The molecule has 0 bridgehead atoms. The van der Waals surface area contributed by atoms with Crippen LogP contribution in [-0.2, 0) is 16.1 Å². The summed E-state index contributed by atoms with van der Waals surface area (Å²) in [7, 11) is 0. The van der Waals surface area contributed by atoms with Crippen molar-refractivity contribution in [1.29, 1.82) is 0 Å². The zero-order chi connectivity index (χ0) is 16.7. The van der Waals surface area contributed by atoms with Crippen molar-refractivity contribution in [3.8, 4) is 0 Å². The molecule has 1 N–H and O–H groups in total. The van der Waals surface area contributed by atoms with E-state index in [1.807, 2.05) is 13.0 Å². The predicted molar refractivity (Wildman–Crippen MR) is 87.5 cm³/mol. The Labute approximate surface area is 136 Å². The van der Waals surface area contributed by atoms with E-state index in [2.05, 4.69) is 15.2 Å². The first-order chi connectivity index (χ1) is 11.1. The molecular weight excluding hydrogens is 296 g/mol. The zero-order valence-corrected chi connectivity index (χ0v) is 14.0. The molecule has 0 spiro atoms. The van der Waals surface area contributed by atoms with E-state index in [0.29, 0.717) is 25.2 Å². The van der Waals surface area contributed by atoms with Crippen LogP contribution in [0, 0.1) is 13.8 Å². The molecule has 0 atom stereocenters.